The molecule has 1 heterocycles. The molecule has 0 bridgehead atoms. The number of hydrogen-bond acceptors (Lipinski definition) is 2. The Morgan fingerprint density at radius 2 is 2.00 bits per heavy atom. The summed E-state index contributed by atoms with van der Waals surface area (Å²) in [5, 5.41) is 0. The number of amides is 1. The third kappa shape index (κ3) is 4.27. The van der Waals surface area contributed by atoms with E-state index in [0.29, 0.717) is 11.7 Å². The average molecular weight is 277 g/mol. The van der Waals surface area contributed by atoms with Crippen LogP contribution in [0.15, 0.2) is 24.3 Å². The van der Waals surface area contributed by atoms with Crippen molar-refractivity contribution in [3.63, 3.8) is 0 Å². The SMILES string of the molecule is Cc1ccccc1CSCC(=O)N1CCC(C)CC1. The highest BCUT2D eigenvalue weighted by atomic mass is 32.2. The minimum absolute atomic E-state index is 0.311. The second-order valence-electron chi connectivity index (χ2n) is 5.48. The van der Waals surface area contributed by atoms with Gasteiger partial charge in [0.1, 0.15) is 0 Å². The maximum Gasteiger partial charge on any atom is 0.232 e. The van der Waals surface area contributed by atoms with Crippen molar-refractivity contribution in [2.75, 3.05) is 18.8 Å². The van der Waals surface area contributed by atoms with Crippen LogP contribution in [-0.4, -0.2) is 29.6 Å². The predicted octanol–water partition coefficient (Wildman–Crippen LogP) is 3.49. The lowest BCUT2D eigenvalue weighted by Crippen LogP contribution is -2.38. The van der Waals surface area contributed by atoms with Crippen molar-refractivity contribution in [1.29, 1.82) is 0 Å². The van der Waals surface area contributed by atoms with Crippen LogP contribution >= 0.6 is 11.8 Å². The summed E-state index contributed by atoms with van der Waals surface area (Å²) in [5.41, 5.74) is 2.65. The van der Waals surface area contributed by atoms with Gasteiger partial charge in [0.15, 0.2) is 0 Å². The second kappa shape index (κ2) is 6.99. The first kappa shape index (κ1) is 14.4. The minimum Gasteiger partial charge on any atom is -0.342 e. The lowest BCUT2D eigenvalue weighted by molar-refractivity contribution is -0.129. The van der Waals surface area contributed by atoms with Crippen molar-refractivity contribution in [1.82, 2.24) is 4.90 Å². The summed E-state index contributed by atoms with van der Waals surface area (Å²) in [4.78, 5) is 14.1. The summed E-state index contributed by atoms with van der Waals surface area (Å²) in [6.45, 7) is 6.30. The van der Waals surface area contributed by atoms with Gasteiger partial charge in [-0.3, -0.25) is 4.79 Å². The Balaban J connectivity index is 1.74. The molecule has 19 heavy (non-hydrogen) atoms. The van der Waals surface area contributed by atoms with Crippen molar-refractivity contribution >= 4 is 17.7 Å². The Kier molecular flexibility index (Phi) is 5.32. The molecule has 1 amide bonds. The van der Waals surface area contributed by atoms with Gasteiger partial charge in [-0.15, -0.1) is 11.8 Å². The minimum atomic E-state index is 0.311. The van der Waals surface area contributed by atoms with E-state index in [1.807, 2.05) is 4.90 Å². The molecular formula is C16H23NOS. The first-order chi connectivity index (χ1) is 9.16. The quantitative estimate of drug-likeness (QED) is 0.839. The molecule has 2 rings (SSSR count). The van der Waals surface area contributed by atoms with E-state index in [2.05, 4.69) is 38.1 Å². The normalized spacial score (nSPS) is 16.6. The van der Waals surface area contributed by atoms with Gasteiger partial charge in [-0.25, -0.2) is 0 Å². The average Bonchev–Trinajstić information content (AvgIpc) is 2.41. The summed E-state index contributed by atoms with van der Waals surface area (Å²) < 4.78 is 0. The molecule has 0 spiro atoms. The molecule has 1 aliphatic rings. The van der Waals surface area contributed by atoms with Gasteiger partial charge in [-0.05, 0) is 36.8 Å². The third-order valence-corrected chi connectivity index (χ3v) is 4.85. The number of hydrogen-bond donors (Lipinski definition) is 0. The zero-order valence-electron chi connectivity index (χ0n) is 11.9. The van der Waals surface area contributed by atoms with Crippen molar-refractivity contribution in [2.45, 2.75) is 32.4 Å². The van der Waals surface area contributed by atoms with Crippen LogP contribution in [0.1, 0.15) is 30.9 Å². The molecule has 1 fully saturated rings. The lowest BCUT2D eigenvalue weighted by Gasteiger charge is -2.30. The number of rotatable bonds is 4. The molecule has 2 nitrogen and oxygen atoms in total. The molecule has 1 saturated heterocycles. The van der Waals surface area contributed by atoms with Crippen LogP contribution in [0.3, 0.4) is 0 Å². The van der Waals surface area contributed by atoms with Crippen LogP contribution < -0.4 is 0 Å². The Hall–Kier alpha value is -0.960. The van der Waals surface area contributed by atoms with Gasteiger partial charge in [0.2, 0.25) is 5.91 Å². The summed E-state index contributed by atoms with van der Waals surface area (Å²) in [6, 6.07) is 8.40. The predicted molar refractivity (Wildman–Crippen MR) is 82.3 cm³/mol. The van der Waals surface area contributed by atoms with E-state index in [-0.39, 0.29) is 0 Å². The van der Waals surface area contributed by atoms with Gasteiger partial charge >= 0.3 is 0 Å². The van der Waals surface area contributed by atoms with E-state index in [1.165, 1.54) is 11.1 Å². The number of carbonyl (C=O) groups is 1. The molecule has 1 aromatic carbocycles. The maximum absolute atomic E-state index is 12.1. The van der Waals surface area contributed by atoms with Gasteiger partial charge < -0.3 is 4.90 Å². The van der Waals surface area contributed by atoms with Gasteiger partial charge in [-0.2, -0.15) is 0 Å². The highest BCUT2D eigenvalue weighted by molar-refractivity contribution is 7.99. The number of aryl methyl sites for hydroxylation is 1. The van der Waals surface area contributed by atoms with E-state index in [0.717, 1.165) is 37.6 Å². The fourth-order valence-corrected chi connectivity index (χ4v) is 3.37. The molecule has 0 aromatic heterocycles. The Labute approximate surface area is 120 Å². The zero-order valence-corrected chi connectivity index (χ0v) is 12.7. The number of nitrogens with zero attached hydrogens (tertiary/aromatic N) is 1. The topological polar surface area (TPSA) is 20.3 Å². The molecule has 3 heteroatoms. The molecular weight excluding hydrogens is 254 g/mol. The number of thioether (sulfide) groups is 1. The highest BCUT2D eigenvalue weighted by Crippen LogP contribution is 2.19. The number of likely N-dealkylation sites (tertiary alicyclic amines) is 1. The standard InChI is InChI=1S/C16H23NOS/c1-13-7-9-17(10-8-13)16(18)12-19-11-15-6-4-3-5-14(15)2/h3-6,13H,7-12H2,1-2H3. The Bertz CT molecular complexity index is 425. The van der Waals surface area contributed by atoms with E-state index < -0.39 is 0 Å². The zero-order chi connectivity index (χ0) is 13.7. The van der Waals surface area contributed by atoms with Crippen LogP contribution in [0.5, 0.6) is 0 Å². The summed E-state index contributed by atoms with van der Waals surface area (Å²) in [6.07, 6.45) is 2.32. The van der Waals surface area contributed by atoms with Crippen LogP contribution in [0.25, 0.3) is 0 Å². The van der Waals surface area contributed by atoms with E-state index in [9.17, 15) is 4.79 Å². The lowest BCUT2D eigenvalue weighted by atomic mass is 9.99. The number of piperidine rings is 1. The summed E-state index contributed by atoms with van der Waals surface area (Å²) in [5.74, 6) is 2.64. The first-order valence-electron chi connectivity index (χ1n) is 7.07. The molecule has 0 radical (unpaired) electrons. The van der Waals surface area contributed by atoms with E-state index in [4.69, 9.17) is 0 Å². The van der Waals surface area contributed by atoms with Gasteiger partial charge in [0.25, 0.3) is 0 Å². The van der Waals surface area contributed by atoms with Crippen LogP contribution in [0, 0.1) is 12.8 Å². The van der Waals surface area contributed by atoms with Gasteiger partial charge in [-0.1, -0.05) is 31.2 Å². The molecule has 0 aliphatic carbocycles. The van der Waals surface area contributed by atoms with Gasteiger partial charge in [0, 0.05) is 18.8 Å². The summed E-state index contributed by atoms with van der Waals surface area (Å²) in [7, 11) is 0. The van der Waals surface area contributed by atoms with E-state index >= 15 is 0 Å². The van der Waals surface area contributed by atoms with Crippen molar-refractivity contribution < 1.29 is 4.79 Å². The van der Waals surface area contributed by atoms with Crippen molar-refractivity contribution in [2.24, 2.45) is 5.92 Å². The van der Waals surface area contributed by atoms with Crippen LogP contribution in [0.2, 0.25) is 0 Å². The van der Waals surface area contributed by atoms with E-state index in [1.54, 1.807) is 11.8 Å². The van der Waals surface area contributed by atoms with Crippen molar-refractivity contribution in [3.05, 3.63) is 35.4 Å². The number of carbonyl (C=O) groups excluding carboxylic acids is 1. The molecule has 104 valence electrons. The fraction of sp³-hybridized carbons (Fsp3) is 0.562. The Morgan fingerprint density at radius 3 is 2.68 bits per heavy atom. The molecule has 1 aliphatic heterocycles. The third-order valence-electron chi connectivity index (χ3n) is 3.88. The fourth-order valence-electron chi connectivity index (χ4n) is 2.37. The highest BCUT2D eigenvalue weighted by Gasteiger charge is 2.19. The number of benzene rings is 1. The summed E-state index contributed by atoms with van der Waals surface area (Å²) >= 11 is 1.73. The van der Waals surface area contributed by atoms with Crippen LogP contribution in [-0.2, 0) is 10.5 Å². The van der Waals surface area contributed by atoms with Crippen molar-refractivity contribution in [3.8, 4) is 0 Å². The molecule has 0 saturated carbocycles. The molecule has 0 atom stereocenters. The van der Waals surface area contributed by atoms with Gasteiger partial charge in [0.05, 0.1) is 5.75 Å². The smallest absolute Gasteiger partial charge is 0.232 e. The monoisotopic (exact) mass is 277 g/mol. The first-order valence-corrected chi connectivity index (χ1v) is 8.22. The molecule has 1 aromatic rings. The molecule has 0 unspecified atom stereocenters. The maximum atomic E-state index is 12.1. The van der Waals surface area contributed by atoms with Crippen LogP contribution in [0.4, 0.5) is 0 Å². The largest absolute Gasteiger partial charge is 0.342 e. The Morgan fingerprint density at radius 1 is 1.32 bits per heavy atom. The second-order valence-corrected chi connectivity index (χ2v) is 6.47. The molecule has 0 N–H and O–H groups in total.